The van der Waals surface area contributed by atoms with Crippen molar-refractivity contribution in [2.24, 2.45) is 4.99 Å². The highest BCUT2D eigenvalue weighted by molar-refractivity contribution is 14.0. The average Bonchev–Trinajstić information content (AvgIpc) is 3.17. The van der Waals surface area contributed by atoms with Gasteiger partial charge >= 0.3 is 6.09 Å². The topological polar surface area (TPSA) is 95.1 Å². The fourth-order valence-corrected chi connectivity index (χ4v) is 3.30. The number of hydrogen-bond acceptors (Lipinski definition) is 4. The molecule has 0 aromatic heterocycles. The summed E-state index contributed by atoms with van der Waals surface area (Å²) in [6.07, 6.45) is 0.935. The molecule has 0 spiro atoms. The Kier molecular flexibility index (Phi) is 11.1. The monoisotopic (exact) mass is 545 g/mol. The third-order valence-corrected chi connectivity index (χ3v) is 4.77. The van der Waals surface area contributed by atoms with Crippen molar-refractivity contribution in [2.45, 2.75) is 58.2 Å². The summed E-state index contributed by atoms with van der Waals surface area (Å²) in [5.41, 5.74) is 0.396. The van der Waals surface area contributed by atoms with Gasteiger partial charge in [-0.15, -0.1) is 24.0 Å². The first-order chi connectivity index (χ1) is 14.2. The Hall–Kier alpha value is -2.04. The molecule has 0 bridgehead atoms. The summed E-state index contributed by atoms with van der Waals surface area (Å²) in [4.78, 5) is 30.4. The molecule has 2 unspecified atom stereocenters. The van der Waals surface area contributed by atoms with E-state index in [-0.39, 0.29) is 42.0 Å². The molecule has 1 aromatic carbocycles. The number of amides is 2. The normalized spacial score (nSPS) is 17.4. The number of likely N-dealkylation sites (tertiary alicyclic amines) is 1. The molecule has 0 radical (unpaired) electrons. The molecule has 3 N–H and O–H groups in total. The smallest absolute Gasteiger partial charge is 0.408 e. The van der Waals surface area contributed by atoms with Gasteiger partial charge in [-0.05, 0) is 32.8 Å². The summed E-state index contributed by atoms with van der Waals surface area (Å²) in [5, 5.41) is 9.59. The molecular weight excluding hydrogens is 509 g/mol. The molecule has 0 saturated carbocycles. The largest absolute Gasteiger partial charge is 0.444 e. The SMILES string of the molecule is CCC(=O)N1CCC(NC(=NC)NCC(NC(=O)OC(C)(C)C)c2ccccc2)C1.I. The van der Waals surface area contributed by atoms with Crippen LogP contribution in [0.4, 0.5) is 4.79 Å². The molecule has 9 heteroatoms. The van der Waals surface area contributed by atoms with Crippen LogP contribution in [0.1, 0.15) is 52.1 Å². The van der Waals surface area contributed by atoms with Crippen molar-refractivity contribution < 1.29 is 14.3 Å². The molecule has 1 heterocycles. The Morgan fingerprint density at radius 1 is 1.26 bits per heavy atom. The van der Waals surface area contributed by atoms with E-state index >= 15 is 0 Å². The van der Waals surface area contributed by atoms with Crippen LogP contribution in [0, 0.1) is 0 Å². The predicted octanol–water partition coefficient (Wildman–Crippen LogP) is 3.05. The van der Waals surface area contributed by atoms with Gasteiger partial charge in [0.25, 0.3) is 0 Å². The van der Waals surface area contributed by atoms with Crippen molar-refractivity contribution >= 4 is 41.9 Å². The molecule has 2 rings (SSSR count). The lowest BCUT2D eigenvalue weighted by atomic mass is 10.1. The van der Waals surface area contributed by atoms with E-state index < -0.39 is 11.7 Å². The molecule has 1 aliphatic heterocycles. The van der Waals surface area contributed by atoms with Gasteiger partial charge in [0, 0.05) is 39.1 Å². The molecule has 1 fully saturated rings. The first-order valence-electron chi connectivity index (χ1n) is 10.5. The number of alkyl carbamates (subject to hydrolysis) is 1. The van der Waals surface area contributed by atoms with Crippen LogP contribution in [0.5, 0.6) is 0 Å². The van der Waals surface area contributed by atoms with Gasteiger partial charge in [0.15, 0.2) is 5.96 Å². The van der Waals surface area contributed by atoms with Crippen LogP contribution in [0.3, 0.4) is 0 Å². The number of guanidine groups is 1. The van der Waals surface area contributed by atoms with Crippen molar-refractivity contribution in [3.63, 3.8) is 0 Å². The van der Waals surface area contributed by atoms with Crippen LogP contribution in [-0.2, 0) is 9.53 Å². The van der Waals surface area contributed by atoms with Crippen molar-refractivity contribution in [3.05, 3.63) is 35.9 Å². The number of hydrogen-bond donors (Lipinski definition) is 3. The molecule has 2 atom stereocenters. The van der Waals surface area contributed by atoms with Crippen LogP contribution in [-0.4, -0.2) is 61.2 Å². The molecule has 1 aliphatic rings. The Labute approximate surface area is 202 Å². The van der Waals surface area contributed by atoms with Gasteiger partial charge < -0.3 is 25.6 Å². The molecule has 0 aliphatic carbocycles. The van der Waals surface area contributed by atoms with E-state index in [0.29, 0.717) is 25.5 Å². The van der Waals surface area contributed by atoms with Gasteiger partial charge in [-0.25, -0.2) is 4.79 Å². The van der Waals surface area contributed by atoms with Gasteiger partial charge in [0.05, 0.1) is 6.04 Å². The van der Waals surface area contributed by atoms with Gasteiger partial charge in [-0.3, -0.25) is 9.79 Å². The third kappa shape index (κ3) is 9.32. The molecule has 1 aromatic rings. The summed E-state index contributed by atoms with van der Waals surface area (Å²) >= 11 is 0. The number of benzene rings is 1. The second-order valence-corrected chi connectivity index (χ2v) is 8.39. The lowest BCUT2D eigenvalue weighted by molar-refractivity contribution is -0.129. The van der Waals surface area contributed by atoms with Crippen molar-refractivity contribution in [2.75, 3.05) is 26.7 Å². The Balaban J connectivity index is 0.00000480. The average molecular weight is 545 g/mol. The first-order valence-corrected chi connectivity index (χ1v) is 10.5. The van der Waals surface area contributed by atoms with Gasteiger partial charge in [-0.2, -0.15) is 0 Å². The van der Waals surface area contributed by atoms with Crippen molar-refractivity contribution in [1.82, 2.24) is 20.9 Å². The van der Waals surface area contributed by atoms with E-state index in [1.165, 1.54) is 0 Å². The van der Waals surface area contributed by atoms with Gasteiger partial charge in [0.2, 0.25) is 5.91 Å². The minimum atomic E-state index is -0.569. The predicted molar refractivity (Wildman–Crippen MR) is 134 cm³/mol. The third-order valence-electron chi connectivity index (χ3n) is 4.77. The molecule has 31 heavy (non-hydrogen) atoms. The lowest BCUT2D eigenvalue weighted by Gasteiger charge is -2.25. The number of halogens is 1. The van der Waals surface area contributed by atoms with Gasteiger partial charge in [0.1, 0.15) is 5.60 Å². The number of rotatable bonds is 6. The number of nitrogens with zero attached hydrogens (tertiary/aromatic N) is 2. The van der Waals surface area contributed by atoms with E-state index in [2.05, 4.69) is 20.9 Å². The maximum absolute atomic E-state index is 12.3. The van der Waals surface area contributed by atoms with E-state index in [1.54, 1.807) is 7.05 Å². The highest BCUT2D eigenvalue weighted by Gasteiger charge is 2.26. The number of ether oxygens (including phenoxy) is 1. The summed E-state index contributed by atoms with van der Waals surface area (Å²) in [6.45, 7) is 9.25. The lowest BCUT2D eigenvalue weighted by Crippen LogP contribution is -2.48. The van der Waals surface area contributed by atoms with Crippen LogP contribution in [0.25, 0.3) is 0 Å². The second-order valence-electron chi connectivity index (χ2n) is 8.39. The van der Waals surface area contributed by atoms with Crippen molar-refractivity contribution in [3.8, 4) is 0 Å². The highest BCUT2D eigenvalue weighted by atomic mass is 127. The Bertz CT molecular complexity index is 736. The number of carbonyl (C=O) groups is 2. The highest BCUT2D eigenvalue weighted by Crippen LogP contribution is 2.14. The maximum atomic E-state index is 12.3. The van der Waals surface area contributed by atoms with E-state index in [0.717, 1.165) is 18.5 Å². The molecule has 8 nitrogen and oxygen atoms in total. The summed E-state index contributed by atoms with van der Waals surface area (Å²) < 4.78 is 5.41. The van der Waals surface area contributed by atoms with Crippen LogP contribution < -0.4 is 16.0 Å². The molecular formula is C22H36IN5O3. The Morgan fingerprint density at radius 2 is 1.94 bits per heavy atom. The van der Waals surface area contributed by atoms with Crippen LogP contribution in [0.15, 0.2) is 35.3 Å². The number of aliphatic imine (C=N–C) groups is 1. The first kappa shape index (κ1) is 27.0. The zero-order chi connectivity index (χ0) is 22.1. The fourth-order valence-electron chi connectivity index (χ4n) is 3.30. The van der Waals surface area contributed by atoms with E-state index in [4.69, 9.17) is 4.74 Å². The zero-order valence-electron chi connectivity index (χ0n) is 19.1. The number of carbonyl (C=O) groups excluding carboxylic acids is 2. The second kappa shape index (κ2) is 12.7. The van der Waals surface area contributed by atoms with E-state index in [1.807, 2.05) is 62.9 Å². The van der Waals surface area contributed by atoms with Crippen LogP contribution in [0.2, 0.25) is 0 Å². The van der Waals surface area contributed by atoms with Crippen molar-refractivity contribution in [1.29, 1.82) is 0 Å². The minimum absolute atomic E-state index is 0. The molecule has 1 saturated heterocycles. The summed E-state index contributed by atoms with van der Waals surface area (Å²) in [7, 11) is 1.71. The summed E-state index contributed by atoms with van der Waals surface area (Å²) in [6, 6.07) is 9.59. The Morgan fingerprint density at radius 3 is 2.52 bits per heavy atom. The van der Waals surface area contributed by atoms with Gasteiger partial charge in [-0.1, -0.05) is 37.3 Å². The summed E-state index contributed by atoms with van der Waals surface area (Å²) in [5.74, 6) is 0.811. The standard InChI is InChI=1S/C22H35N5O3.HI/c1-6-19(28)27-13-12-17(15-27)25-20(23-5)24-14-18(16-10-8-7-9-11-16)26-21(29)30-22(2,3)4;/h7-11,17-18H,6,12-15H2,1-5H3,(H,26,29)(H2,23,24,25);1H. The molecule has 174 valence electrons. The molecule has 2 amide bonds. The maximum Gasteiger partial charge on any atom is 0.408 e. The zero-order valence-corrected chi connectivity index (χ0v) is 21.4. The van der Waals surface area contributed by atoms with E-state index in [9.17, 15) is 9.59 Å². The minimum Gasteiger partial charge on any atom is -0.444 e. The fraction of sp³-hybridized carbons (Fsp3) is 0.591. The van der Waals surface area contributed by atoms with Crippen LogP contribution >= 0.6 is 24.0 Å². The quantitative estimate of drug-likeness (QED) is 0.290. The number of nitrogens with one attached hydrogen (secondary N) is 3.